The molecule has 0 fully saturated rings. The summed E-state index contributed by atoms with van der Waals surface area (Å²) < 4.78 is 5.76. The fraction of sp³-hybridized carbons (Fsp3) is 0.286. The number of ether oxygens (including phenoxy) is 1. The first-order valence-corrected chi connectivity index (χ1v) is 4.84. The lowest BCUT2D eigenvalue weighted by atomic mass is 10.5. The van der Waals surface area contributed by atoms with E-state index in [0.717, 1.165) is 0 Å². The van der Waals surface area contributed by atoms with Crippen LogP contribution in [0.2, 0.25) is 10.0 Å². The average Bonchev–Trinajstić information content (AvgIpc) is 2.07. The molecule has 0 unspecified atom stereocenters. The van der Waals surface area contributed by atoms with Crippen molar-refractivity contribution < 1.29 is 4.74 Å². The third kappa shape index (κ3) is 2.03. The minimum Gasteiger partial charge on any atom is -0.477 e. The number of rotatable bonds is 2. The first kappa shape index (κ1) is 10.1. The van der Waals surface area contributed by atoms with Crippen LogP contribution >= 0.6 is 39.1 Å². The number of hydrogen-bond donors (Lipinski definition) is 0. The molecule has 2 nitrogen and oxygen atoms in total. The molecule has 0 saturated carbocycles. The van der Waals surface area contributed by atoms with Crippen LogP contribution in [0.25, 0.3) is 0 Å². The Morgan fingerprint density at radius 3 is 2.83 bits per heavy atom. The molecule has 0 aromatic carbocycles. The zero-order chi connectivity index (χ0) is 9.14. The van der Waals surface area contributed by atoms with Gasteiger partial charge in [0.1, 0.15) is 5.02 Å². The lowest BCUT2D eigenvalue weighted by Crippen LogP contribution is -1.95. The lowest BCUT2D eigenvalue weighted by Gasteiger charge is -2.05. The molecule has 0 aliphatic heterocycles. The molecule has 0 amide bonds. The Kier molecular flexibility index (Phi) is 3.62. The summed E-state index contributed by atoms with van der Waals surface area (Å²) in [7, 11) is 0. The average molecular weight is 271 g/mol. The normalized spacial score (nSPS) is 10.0. The van der Waals surface area contributed by atoms with Crippen molar-refractivity contribution >= 4 is 39.1 Å². The van der Waals surface area contributed by atoms with Gasteiger partial charge in [-0.1, -0.05) is 23.2 Å². The highest BCUT2D eigenvalue weighted by atomic mass is 79.9. The molecule has 0 radical (unpaired) electrons. The van der Waals surface area contributed by atoms with E-state index in [0.29, 0.717) is 27.0 Å². The molecule has 0 bridgehead atoms. The summed E-state index contributed by atoms with van der Waals surface area (Å²) in [6.07, 6.45) is 1.49. The van der Waals surface area contributed by atoms with Gasteiger partial charge in [0.2, 0.25) is 5.88 Å². The van der Waals surface area contributed by atoms with E-state index in [1.165, 1.54) is 6.20 Å². The minimum absolute atomic E-state index is 0.399. The standard InChI is InChI=1S/C7H6BrCl2NO/c1-2-12-7-6(10)5(8)4(9)3-11-7/h3H,2H2,1H3. The molecule has 1 heterocycles. The molecule has 1 aromatic heterocycles. The van der Waals surface area contributed by atoms with E-state index in [1.54, 1.807) is 0 Å². The Morgan fingerprint density at radius 2 is 2.25 bits per heavy atom. The minimum atomic E-state index is 0.399. The second-order valence-corrected chi connectivity index (χ2v) is 3.55. The van der Waals surface area contributed by atoms with Crippen molar-refractivity contribution in [3.8, 4) is 5.88 Å². The molecular formula is C7H6BrCl2NO. The number of pyridine rings is 1. The van der Waals surface area contributed by atoms with Crippen molar-refractivity contribution in [2.75, 3.05) is 6.61 Å². The molecule has 1 aromatic rings. The van der Waals surface area contributed by atoms with Crippen molar-refractivity contribution in [2.24, 2.45) is 0 Å². The summed E-state index contributed by atoms with van der Waals surface area (Å²) in [6, 6.07) is 0. The van der Waals surface area contributed by atoms with Gasteiger partial charge in [-0.25, -0.2) is 4.98 Å². The van der Waals surface area contributed by atoms with Crippen LogP contribution in [0.3, 0.4) is 0 Å². The Balaban J connectivity index is 3.08. The van der Waals surface area contributed by atoms with Crippen molar-refractivity contribution in [1.82, 2.24) is 4.98 Å². The van der Waals surface area contributed by atoms with Gasteiger partial charge in [0.25, 0.3) is 0 Å². The van der Waals surface area contributed by atoms with Gasteiger partial charge in [-0.05, 0) is 22.9 Å². The van der Waals surface area contributed by atoms with Crippen molar-refractivity contribution in [1.29, 1.82) is 0 Å². The van der Waals surface area contributed by atoms with Crippen molar-refractivity contribution in [3.63, 3.8) is 0 Å². The van der Waals surface area contributed by atoms with Crippen LogP contribution < -0.4 is 4.74 Å². The van der Waals surface area contributed by atoms with Crippen LogP contribution in [-0.2, 0) is 0 Å². The van der Waals surface area contributed by atoms with E-state index in [9.17, 15) is 0 Å². The van der Waals surface area contributed by atoms with Crippen LogP contribution in [0, 0.1) is 0 Å². The molecule has 12 heavy (non-hydrogen) atoms. The Bertz CT molecular complexity index is 293. The van der Waals surface area contributed by atoms with Crippen molar-refractivity contribution in [3.05, 3.63) is 20.7 Å². The van der Waals surface area contributed by atoms with Gasteiger partial charge in [0.05, 0.1) is 22.3 Å². The highest BCUT2D eigenvalue weighted by molar-refractivity contribution is 9.10. The maximum atomic E-state index is 5.86. The van der Waals surface area contributed by atoms with E-state index in [1.807, 2.05) is 6.92 Å². The van der Waals surface area contributed by atoms with Gasteiger partial charge < -0.3 is 4.74 Å². The Labute approximate surface area is 89.0 Å². The van der Waals surface area contributed by atoms with Gasteiger partial charge in [0, 0.05) is 0 Å². The van der Waals surface area contributed by atoms with E-state index in [4.69, 9.17) is 27.9 Å². The van der Waals surface area contributed by atoms with E-state index >= 15 is 0 Å². The first-order valence-electron chi connectivity index (χ1n) is 3.29. The summed E-state index contributed by atoms with van der Waals surface area (Å²) in [5.41, 5.74) is 0. The Morgan fingerprint density at radius 1 is 1.58 bits per heavy atom. The second kappa shape index (κ2) is 4.30. The molecule has 0 atom stereocenters. The zero-order valence-corrected chi connectivity index (χ0v) is 9.37. The SMILES string of the molecule is CCOc1ncc(Cl)c(Br)c1Cl. The highest BCUT2D eigenvalue weighted by Gasteiger charge is 2.09. The summed E-state index contributed by atoms with van der Waals surface area (Å²) in [5, 5.41) is 0.882. The molecule has 1 rings (SSSR count). The number of hydrogen-bond acceptors (Lipinski definition) is 2. The summed E-state index contributed by atoms with van der Waals surface area (Å²) in [4.78, 5) is 3.91. The number of nitrogens with zero attached hydrogens (tertiary/aromatic N) is 1. The van der Waals surface area contributed by atoms with Crippen LogP contribution in [0.4, 0.5) is 0 Å². The molecule has 0 aliphatic rings. The van der Waals surface area contributed by atoms with Crippen LogP contribution in [-0.4, -0.2) is 11.6 Å². The van der Waals surface area contributed by atoms with Crippen LogP contribution in [0.15, 0.2) is 10.7 Å². The van der Waals surface area contributed by atoms with E-state index < -0.39 is 0 Å². The molecule has 66 valence electrons. The monoisotopic (exact) mass is 269 g/mol. The van der Waals surface area contributed by atoms with Crippen LogP contribution in [0.5, 0.6) is 5.88 Å². The summed E-state index contributed by atoms with van der Waals surface area (Å²) in [5.74, 6) is 0.399. The summed E-state index contributed by atoms with van der Waals surface area (Å²) >= 11 is 14.8. The lowest BCUT2D eigenvalue weighted by molar-refractivity contribution is 0.327. The molecule has 0 saturated heterocycles. The number of halogens is 3. The molecule has 0 N–H and O–H groups in total. The molecule has 5 heteroatoms. The molecule has 0 spiro atoms. The van der Waals surface area contributed by atoms with E-state index in [-0.39, 0.29) is 0 Å². The predicted octanol–water partition coefficient (Wildman–Crippen LogP) is 3.55. The van der Waals surface area contributed by atoms with Gasteiger partial charge in [-0.15, -0.1) is 0 Å². The topological polar surface area (TPSA) is 22.1 Å². The summed E-state index contributed by atoms with van der Waals surface area (Å²) in [6.45, 7) is 2.39. The fourth-order valence-electron chi connectivity index (χ4n) is 0.665. The zero-order valence-electron chi connectivity index (χ0n) is 6.27. The first-order chi connectivity index (χ1) is 5.66. The predicted molar refractivity (Wildman–Crippen MR) is 53.1 cm³/mol. The maximum Gasteiger partial charge on any atom is 0.233 e. The van der Waals surface area contributed by atoms with E-state index in [2.05, 4.69) is 20.9 Å². The molecule has 0 aliphatic carbocycles. The number of aromatic nitrogens is 1. The van der Waals surface area contributed by atoms with Gasteiger partial charge >= 0.3 is 0 Å². The highest BCUT2D eigenvalue weighted by Crippen LogP contribution is 2.35. The quantitative estimate of drug-likeness (QED) is 0.820. The molecular weight excluding hydrogens is 265 g/mol. The van der Waals surface area contributed by atoms with Gasteiger partial charge in [0.15, 0.2) is 0 Å². The fourth-order valence-corrected chi connectivity index (χ4v) is 1.33. The third-order valence-corrected chi connectivity index (χ3v) is 3.08. The van der Waals surface area contributed by atoms with Crippen molar-refractivity contribution in [2.45, 2.75) is 6.92 Å². The van der Waals surface area contributed by atoms with Crippen LogP contribution in [0.1, 0.15) is 6.92 Å². The smallest absolute Gasteiger partial charge is 0.233 e. The third-order valence-electron chi connectivity index (χ3n) is 1.17. The van der Waals surface area contributed by atoms with Gasteiger partial charge in [-0.2, -0.15) is 0 Å². The largest absolute Gasteiger partial charge is 0.477 e. The maximum absolute atomic E-state index is 5.86. The second-order valence-electron chi connectivity index (χ2n) is 1.97. The Hall–Kier alpha value is 0.01000. The van der Waals surface area contributed by atoms with Gasteiger partial charge in [-0.3, -0.25) is 0 Å².